The van der Waals surface area contributed by atoms with E-state index in [1.54, 1.807) is 18.5 Å². The molecule has 21 heavy (non-hydrogen) atoms. The largest absolute Gasteiger partial charge is 0.454 e. The molecule has 0 aliphatic heterocycles. The third-order valence-electron chi connectivity index (χ3n) is 3.44. The van der Waals surface area contributed by atoms with Crippen molar-refractivity contribution in [1.82, 2.24) is 4.98 Å². The molecule has 2 aromatic carbocycles. The van der Waals surface area contributed by atoms with Crippen LogP contribution in [0.4, 0.5) is 0 Å². The third kappa shape index (κ3) is 2.92. The Kier molecular flexibility index (Phi) is 3.65. The lowest BCUT2D eigenvalue weighted by atomic mass is 10.1. The molecule has 3 rings (SSSR count). The molecule has 1 atom stereocenters. The number of hydrogen-bond acceptors (Lipinski definition) is 3. The molecule has 0 N–H and O–H groups in total. The van der Waals surface area contributed by atoms with E-state index < -0.39 is 0 Å². The van der Waals surface area contributed by atoms with E-state index in [1.807, 2.05) is 55.5 Å². The van der Waals surface area contributed by atoms with Crippen LogP contribution in [0.3, 0.4) is 0 Å². The lowest BCUT2D eigenvalue weighted by Gasteiger charge is -2.13. The van der Waals surface area contributed by atoms with Crippen LogP contribution in [0.25, 0.3) is 10.8 Å². The summed E-state index contributed by atoms with van der Waals surface area (Å²) in [6.45, 7) is 1.86. The summed E-state index contributed by atoms with van der Waals surface area (Å²) >= 11 is 0. The molecule has 0 bridgehead atoms. The minimum atomic E-state index is -0.315. The van der Waals surface area contributed by atoms with Crippen LogP contribution in [0.15, 0.2) is 67.0 Å². The molecule has 3 heteroatoms. The zero-order valence-corrected chi connectivity index (χ0v) is 11.7. The fourth-order valence-corrected chi connectivity index (χ4v) is 2.25. The maximum Gasteiger partial charge on any atom is 0.338 e. The van der Waals surface area contributed by atoms with Crippen molar-refractivity contribution >= 4 is 16.7 Å². The number of carbonyl (C=O) groups excluding carboxylic acids is 1. The van der Waals surface area contributed by atoms with Crippen LogP contribution in [0.5, 0.6) is 0 Å². The summed E-state index contributed by atoms with van der Waals surface area (Å²) in [7, 11) is 0. The van der Waals surface area contributed by atoms with E-state index in [0.29, 0.717) is 5.56 Å². The average Bonchev–Trinajstić information content (AvgIpc) is 2.55. The fourth-order valence-electron chi connectivity index (χ4n) is 2.25. The van der Waals surface area contributed by atoms with Gasteiger partial charge in [-0.15, -0.1) is 0 Å². The summed E-state index contributed by atoms with van der Waals surface area (Å²) in [6.07, 6.45) is 3.08. The van der Waals surface area contributed by atoms with Gasteiger partial charge in [0.1, 0.15) is 6.10 Å². The van der Waals surface area contributed by atoms with Crippen LogP contribution < -0.4 is 0 Å². The van der Waals surface area contributed by atoms with Gasteiger partial charge >= 0.3 is 5.97 Å². The maximum atomic E-state index is 12.2. The zero-order valence-electron chi connectivity index (χ0n) is 11.7. The quantitative estimate of drug-likeness (QED) is 0.675. The zero-order chi connectivity index (χ0) is 14.7. The summed E-state index contributed by atoms with van der Waals surface area (Å²) in [5, 5.41) is 2.14. The SMILES string of the molecule is C[C@@H](OC(=O)c1ccc2ccccc2c1)c1ccncc1. The van der Waals surface area contributed by atoms with Crippen molar-refractivity contribution in [3.63, 3.8) is 0 Å². The topological polar surface area (TPSA) is 39.2 Å². The van der Waals surface area contributed by atoms with Crippen LogP contribution in [0.1, 0.15) is 28.9 Å². The van der Waals surface area contributed by atoms with Gasteiger partial charge in [-0.05, 0) is 47.5 Å². The van der Waals surface area contributed by atoms with Gasteiger partial charge in [-0.2, -0.15) is 0 Å². The summed E-state index contributed by atoms with van der Waals surface area (Å²) in [6, 6.07) is 17.2. The average molecular weight is 277 g/mol. The van der Waals surface area contributed by atoms with Crippen molar-refractivity contribution in [2.24, 2.45) is 0 Å². The first-order valence-electron chi connectivity index (χ1n) is 6.84. The summed E-state index contributed by atoms with van der Waals surface area (Å²) in [4.78, 5) is 16.2. The van der Waals surface area contributed by atoms with E-state index >= 15 is 0 Å². The van der Waals surface area contributed by atoms with E-state index in [9.17, 15) is 4.79 Å². The second-order valence-electron chi connectivity index (χ2n) is 4.89. The molecule has 0 unspecified atom stereocenters. The van der Waals surface area contributed by atoms with Crippen LogP contribution in [-0.4, -0.2) is 11.0 Å². The van der Waals surface area contributed by atoms with E-state index in [4.69, 9.17) is 4.74 Å². The summed E-state index contributed by atoms with van der Waals surface area (Å²) < 4.78 is 5.50. The highest BCUT2D eigenvalue weighted by molar-refractivity contribution is 5.95. The Balaban J connectivity index is 1.80. The van der Waals surface area contributed by atoms with Crippen molar-refractivity contribution in [3.05, 3.63) is 78.1 Å². The predicted molar refractivity (Wildman–Crippen MR) is 82.0 cm³/mol. The van der Waals surface area contributed by atoms with E-state index in [2.05, 4.69) is 4.98 Å². The van der Waals surface area contributed by atoms with Crippen molar-refractivity contribution in [3.8, 4) is 0 Å². The number of carbonyl (C=O) groups is 1. The van der Waals surface area contributed by atoms with Gasteiger partial charge in [-0.1, -0.05) is 30.3 Å². The second-order valence-corrected chi connectivity index (χ2v) is 4.89. The summed E-state index contributed by atoms with van der Waals surface area (Å²) in [5.41, 5.74) is 1.49. The van der Waals surface area contributed by atoms with Crippen LogP contribution in [0.2, 0.25) is 0 Å². The van der Waals surface area contributed by atoms with Gasteiger partial charge < -0.3 is 4.74 Å². The molecule has 0 aliphatic carbocycles. The van der Waals surface area contributed by atoms with Gasteiger partial charge in [-0.3, -0.25) is 4.98 Å². The van der Waals surface area contributed by atoms with Crippen molar-refractivity contribution in [1.29, 1.82) is 0 Å². The number of hydrogen-bond donors (Lipinski definition) is 0. The molecule has 0 amide bonds. The highest BCUT2D eigenvalue weighted by atomic mass is 16.5. The Hall–Kier alpha value is -2.68. The number of pyridine rings is 1. The normalized spacial score (nSPS) is 12.0. The van der Waals surface area contributed by atoms with Crippen molar-refractivity contribution < 1.29 is 9.53 Å². The number of aromatic nitrogens is 1. The number of rotatable bonds is 3. The molecule has 3 aromatic rings. The standard InChI is InChI=1S/C18H15NO2/c1-13(14-8-10-19-11-9-14)21-18(20)17-7-6-15-4-2-3-5-16(15)12-17/h2-13H,1H3/t13-/m1/s1. The molecule has 1 heterocycles. The molecule has 0 saturated heterocycles. The number of fused-ring (bicyclic) bond motifs is 1. The van der Waals surface area contributed by atoms with Crippen LogP contribution in [0, 0.1) is 0 Å². The van der Waals surface area contributed by atoms with Gasteiger partial charge in [-0.25, -0.2) is 4.79 Å². The Labute approximate surface area is 123 Å². The molecule has 0 spiro atoms. The fraction of sp³-hybridized carbons (Fsp3) is 0.111. The number of ether oxygens (including phenoxy) is 1. The first kappa shape index (κ1) is 13.3. The van der Waals surface area contributed by atoms with E-state index in [1.165, 1.54) is 0 Å². The van der Waals surface area contributed by atoms with Gasteiger partial charge in [0.2, 0.25) is 0 Å². The molecular weight excluding hydrogens is 262 g/mol. The number of esters is 1. The highest BCUT2D eigenvalue weighted by Gasteiger charge is 2.13. The number of nitrogens with zero attached hydrogens (tertiary/aromatic N) is 1. The molecule has 0 radical (unpaired) electrons. The number of benzene rings is 2. The lowest BCUT2D eigenvalue weighted by Crippen LogP contribution is -2.09. The minimum Gasteiger partial charge on any atom is -0.454 e. The van der Waals surface area contributed by atoms with Gasteiger partial charge in [0.15, 0.2) is 0 Å². The highest BCUT2D eigenvalue weighted by Crippen LogP contribution is 2.20. The first-order chi connectivity index (χ1) is 10.2. The third-order valence-corrected chi connectivity index (χ3v) is 3.44. The molecule has 104 valence electrons. The van der Waals surface area contributed by atoms with E-state index in [-0.39, 0.29) is 12.1 Å². The van der Waals surface area contributed by atoms with Crippen molar-refractivity contribution in [2.75, 3.05) is 0 Å². The van der Waals surface area contributed by atoms with Crippen LogP contribution >= 0.6 is 0 Å². The maximum absolute atomic E-state index is 12.2. The Morgan fingerprint density at radius 3 is 2.48 bits per heavy atom. The Bertz CT molecular complexity index is 768. The van der Waals surface area contributed by atoms with E-state index in [0.717, 1.165) is 16.3 Å². The van der Waals surface area contributed by atoms with Gasteiger partial charge in [0, 0.05) is 12.4 Å². The van der Waals surface area contributed by atoms with Crippen LogP contribution in [-0.2, 0) is 4.74 Å². The Morgan fingerprint density at radius 2 is 1.71 bits per heavy atom. The second kappa shape index (κ2) is 5.75. The smallest absolute Gasteiger partial charge is 0.338 e. The predicted octanol–water partition coefficient (Wildman–Crippen LogP) is 4.15. The summed E-state index contributed by atoms with van der Waals surface area (Å²) in [5.74, 6) is -0.315. The molecule has 0 aliphatic rings. The molecule has 3 nitrogen and oxygen atoms in total. The van der Waals surface area contributed by atoms with Crippen molar-refractivity contribution in [2.45, 2.75) is 13.0 Å². The molecule has 0 fully saturated rings. The molecular formula is C18H15NO2. The Morgan fingerprint density at radius 1 is 1.00 bits per heavy atom. The monoisotopic (exact) mass is 277 g/mol. The molecule has 0 saturated carbocycles. The minimum absolute atomic E-state index is 0.299. The first-order valence-corrected chi connectivity index (χ1v) is 6.84. The van der Waals surface area contributed by atoms with Gasteiger partial charge in [0.25, 0.3) is 0 Å². The molecule has 1 aromatic heterocycles. The lowest BCUT2D eigenvalue weighted by molar-refractivity contribution is 0.0338. The van der Waals surface area contributed by atoms with Gasteiger partial charge in [0.05, 0.1) is 5.56 Å².